The minimum atomic E-state index is -0.955. The van der Waals surface area contributed by atoms with Gasteiger partial charge in [-0.3, -0.25) is 4.79 Å². The number of hydrogen-bond acceptors (Lipinski definition) is 6. The highest BCUT2D eigenvalue weighted by molar-refractivity contribution is 7.98. The molecule has 0 aliphatic carbocycles. The summed E-state index contributed by atoms with van der Waals surface area (Å²) in [6.07, 6.45) is 2.60. The first kappa shape index (κ1) is 14.9. The van der Waals surface area contributed by atoms with E-state index in [0.29, 0.717) is 17.9 Å². The third-order valence-electron chi connectivity index (χ3n) is 2.45. The summed E-state index contributed by atoms with van der Waals surface area (Å²) in [6.45, 7) is 2.94. The second-order valence-electron chi connectivity index (χ2n) is 3.96. The van der Waals surface area contributed by atoms with Crippen LogP contribution in [0.25, 0.3) is 0 Å². The number of carboxylic acids is 1. The third kappa shape index (κ3) is 5.01. The van der Waals surface area contributed by atoms with Crippen LogP contribution in [0.3, 0.4) is 0 Å². The number of aliphatic carboxylic acids is 1. The van der Waals surface area contributed by atoms with Crippen molar-refractivity contribution in [2.24, 2.45) is 5.73 Å². The molecule has 0 aliphatic rings. The molecular weight excluding hydrogens is 254 g/mol. The van der Waals surface area contributed by atoms with Crippen LogP contribution >= 0.6 is 11.8 Å². The molecule has 0 saturated carbocycles. The van der Waals surface area contributed by atoms with Gasteiger partial charge in [0.2, 0.25) is 0 Å². The highest BCUT2D eigenvalue weighted by Crippen LogP contribution is 2.11. The molecule has 1 aromatic heterocycles. The number of nitrogens with two attached hydrogens (primary N) is 1. The standard InChI is InChI=1S/C10H19N5O2S/c1-2-3-5-15-9(12-13-14-15)7-18-6-4-8(11)10(16)17/h8H,2-7,11H2,1H3,(H,16,17). The van der Waals surface area contributed by atoms with E-state index in [-0.39, 0.29) is 0 Å². The Bertz CT molecular complexity index is 371. The summed E-state index contributed by atoms with van der Waals surface area (Å²) in [5.41, 5.74) is 5.41. The number of aromatic nitrogens is 4. The van der Waals surface area contributed by atoms with Gasteiger partial charge in [0.1, 0.15) is 6.04 Å². The van der Waals surface area contributed by atoms with E-state index in [2.05, 4.69) is 22.4 Å². The number of carbonyl (C=O) groups is 1. The summed E-state index contributed by atoms with van der Waals surface area (Å²) in [6, 6.07) is -0.784. The smallest absolute Gasteiger partial charge is 0.320 e. The maximum atomic E-state index is 10.5. The lowest BCUT2D eigenvalue weighted by molar-refractivity contribution is -0.138. The number of hydrogen-bond donors (Lipinski definition) is 2. The Morgan fingerprint density at radius 1 is 1.61 bits per heavy atom. The van der Waals surface area contributed by atoms with E-state index < -0.39 is 12.0 Å². The maximum absolute atomic E-state index is 10.5. The van der Waals surface area contributed by atoms with Gasteiger partial charge < -0.3 is 10.8 Å². The predicted molar refractivity (Wildman–Crippen MR) is 69.1 cm³/mol. The summed E-state index contributed by atoms with van der Waals surface area (Å²) < 4.78 is 1.80. The molecule has 1 rings (SSSR count). The van der Waals surface area contributed by atoms with Crippen LogP contribution in [0.15, 0.2) is 0 Å². The minimum absolute atomic E-state index is 0.455. The van der Waals surface area contributed by atoms with E-state index in [9.17, 15) is 4.79 Å². The molecule has 1 atom stereocenters. The van der Waals surface area contributed by atoms with Gasteiger partial charge in [-0.15, -0.1) is 5.10 Å². The zero-order chi connectivity index (χ0) is 13.4. The molecule has 3 N–H and O–H groups in total. The van der Waals surface area contributed by atoms with Crippen LogP contribution < -0.4 is 5.73 Å². The molecule has 0 fully saturated rings. The highest BCUT2D eigenvalue weighted by Gasteiger charge is 2.11. The number of rotatable bonds is 9. The Kier molecular flexibility index (Phi) is 6.66. The first-order valence-electron chi connectivity index (χ1n) is 5.96. The van der Waals surface area contributed by atoms with Gasteiger partial charge >= 0.3 is 5.97 Å². The van der Waals surface area contributed by atoms with Crippen molar-refractivity contribution < 1.29 is 9.90 Å². The van der Waals surface area contributed by atoms with Crippen LogP contribution in [0.2, 0.25) is 0 Å². The van der Waals surface area contributed by atoms with Gasteiger partial charge in [-0.05, 0) is 29.0 Å². The summed E-state index contributed by atoms with van der Waals surface area (Å²) in [4.78, 5) is 10.5. The molecule has 7 nitrogen and oxygen atoms in total. The molecule has 0 spiro atoms. The SMILES string of the molecule is CCCCn1nnnc1CSCCC(N)C(=O)O. The van der Waals surface area contributed by atoms with Gasteiger partial charge in [0.05, 0.1) is 5.75 Å². The Labute approximate surface area is 110 Å². The summed E-state index contributed by atoms with van der Waals surface area (Å²) >= 11 is 1.60. The van der Waals surface area contributed by atoms with Crippen LogP contribution in [0.5, 0.6) is 0 Å². The summed E-state index contributed by atoms with van der Waals surface area (Å²) in [5.74, 6) is 1.25. The van der Waals surface area contributed by atoms with Crippen molar-refractivity contribution in [1.82, 2.24) is 20.2 Å². The quantitative estimate of drug-likeness (QED) is 0.631. The Balaban J connectivity index is 2.26. The molecule has 0 saturated heterocycles. The average molecular weight is 273 g/mol. The van der Waals surface area contributed by atoms with E-state index >= 15 is 0 Å². The molecule has 18 heavy (non-hydrogen) atoms. The van der Waals surface area contributed by atoms with Gasteiger partial charge in [-0.1, -0.05) is 13.3 Å². The van der Waals surface area contributed by atoms with Crippen molar-refractivity contribution in [2.45, 2.75) is 44.5 Å². The zero-order valence-corrected chi connectivity index (χ0v) is 11.3. The Morgan fingerprint density at radius 3 is 3.06 bits per heavy atom. The largest absolute Gasteiger partial charge is 0.480 e. The lowest BCUT2D eigenvalue weighted by Gasteiger charge is -2.06. The Hall–Kier alpha value is -1.15. The van der Waals surface area contributed by atoms with Gasteiger partial charge in [-0.2, -0.15) is 11.8 Å². The van der Waals surface area contributed by atoms with Crippen LogP contribution in [-0.2, 0) is 17.1 Å². The van der Waals surface area contributed by atoms with Crippen molar-refractivity contribution in [2.75, 3.05) is 5.75 Å². The van der Waals surface area contributed by atoms with Crippen LogP contribution in [0.1, 0.15) is 32.0 Å². The maximum Gasteiger partial charge on any atom is 0.320 e. The van der Waals surface area contributed by atoms with Gasteiger partial charge in [0.15, 0.2) is 5.82 Å². The normalized spacial score (nSPS) is 12.6. The fourth-order valence-corrected chi connectivity index (χ4v) is 2.26. The van der Waals surface area contributed by atoms with Crippen LogP contribution in [0.4, 0.5) is 0 Å². The Morgan fingerprint density at radius 2 is 2.39 bits per heavy atom. The monoisotopic (exact) mass is 273 g/mol. The molecule has 1 unspecified atom stereocenters. The fraction of sp³-hybridized carbons (Fsp3) is 0.800. The van der Waals surface area contributed by atoms with E-state index in [0.717, 1.165) is 25.2 Å². The van der Waals surface area contributed by atoms with Gasteiger partial charge in [-0.25, -0.2) is 4.68 Å². The number of nitrogens with zero attached hydrogens (tertiary/aromatic N) is 4. The predicted octanol–water partition coefficient (Wildman–Crippen LogP) is 0.508. The molecule has 0 aliphatic heterocycles. The average Bonchev–Trinajstić information content (AvgIpc) is 2.79. The summed E-state index contributed by atoms with van der Waals surface area (Å²) in [7, 11) is 0. The molecule has 0 amide bonds. The van der Waals surface area contributed by atoms with Crippen molar-refractivity contribution in [3.05, 3.63) is 5.82 Å². The molecule has 0 bridgehead atoms. The number of tetrazole rings is 1. The fourth-order valence-electron chi connectivity index (χ4n) is 1.31. The number of carboxylic acid groups (broad SMARTS) is 1. The first-order valence-corrected chi connectivity index (χ1v) is 7.11. The molecule has 0 aromatic carbocycles. The van der Waals surface area contributed by atoms with E-state index in [4.69, 9.17) is 10.8 Å². The van der Waals surface area contributed by atoms with Gasteiger partial charge in [0.25, 0.3) is 0 Å². The molecule has 102 valence electrons. The third-order valence-corrected chi connectivity index (χ3v) is 3.44. The van der Waals surface area contributed by atoms with Crippen molar-refractivity contribution >= 4 is 17.7 Å². The molecule has 8 heteroatoms. The first-order chi connectivity index (χ1) is 8.65. The second-order valence-corrected chi connectivity index (χ2v) is 5.06. The minimum Gasteiger partial charge on any atom is -0.480 e. The summed E-state index contributed by atoms with van der Waals surface area (Å²) in [5, 5.41) is 20.2. The second kappa shape index (κ2) is 8.04. The van der Waals surface area contributed by atoms with Crippen molar-refractivity contribution in [3.63, 3.8) is 0 Å². The van der Waals surface area contributed by atoms with Gasteiger partial charge in [0, 0.05) is 6.54 Å². The van der Waals surface area contributed by atoms with Crippen molar-refractivity contribution in [3.8, 4) is 0 Å². The molecular formula is C10H19N5O2S. The van der Waals surface area contributed by atoms with Crippen LogP contribution in [0, 0.1) is 0 Å². The van der Waals surface area contributed by atoms with E-state index in [1.165, 1.54) is 0 Å². The molecule has 1 aromatic rings. The highest BCUT2D eigenvalue weighted by atomic mass is 32.2. The molecule has 0 radical (unpaired) electrons. The van der Waals surface area contributed by atoms with Crippen molar-refractivity contribution in [1.29, 1.82) is 0 Å². The zero-order valence-electron chi connectivity index (χ0n) is 10.4. The van der Waals surface area contributed by atoms with Crippen LogP contribution in [-0.4, -0.2) is 43.1 Å². The number of aryl methyl sites for hydroxylation is 1. The number of thioether (sulfide) groups is 1. The van der Waals surface area contributed by atoms with E-state index in [1.807, 2.05) is 0 Å². The lowest BCUT2D eigenvalue weighted by atomic mass is 10.2. The van der Waals surface area contributed by atoms with E-state index in [1.54, 1.807) is 16.4 Å². The lowest BCUT2D eigenvalue weighted by Crippen LogP contribution is -2.30. The topological polar surface area (TPSA) is 107 Å². The molecule has 1 heterocycles. The number of unbranched alkanes of at least 4 members (excludes halogenated alkanes) is 1.